The van der Waals surface area contributed by atoms with Gasteiger partial charge in [-0.15, -0.1) is 0 Å². The molecule has 102 valence electrons. The number of aromatic nitrogens is 1. The van der Waals surface area contributed by atoms with Crippen LogP contribution < -0.4 is 4.90 Å². The van der Waals surface area contributed by atoms with Crippen molar-refractivity contribution in [2.75, 3.05) is 11.4 Å². The van der Waals surface area contributed by atoms with Gasteiger partial charge in [-0.25, -0.2) is 9.98 Å². The Morgan fingerprint density at radius 1 is 1.15 bits per heavy atom. The minimum atomic E-state index is 0.376. The van der Waals surface area contributed by atoms with Crippen molar-refractivity contribution in [3.63, 3.8) is 0 Å². The van der Waals surface area contributed by atoms with Crippen LogP contribution in [0.5, 0.6) is 0 Å². The molecule has 3 nitrogen and oxygen atoms in total. The molecule has 0 unspecified atom stereocenters. The van der Waals surface area contributed by atoms with Crippen LogP contribution in [0.3, 0.4) is 0 Å². The monoisotopic (exact) mass is 285 g/mol. The van der Waals surface area contributed by atoms with Crippen molar-refractivity contribution >= 4 is 28.8 Å². The zero-order valence-corrected chi connectivity index (χ0v) is 12.3. The first-order chi connectivity index (χ1) is 9.65. The van der Waals surface area contributed by atoms with E-state index in [0.717, 1.165) is 34.3 Å². The van der Waals surface area contributed by atoms with Gasteiger partial charge in [0.15, 0.2) is 5.82 Å². The summed E-state index contributed by atoms with van der Waals surface area (Å²) in [7, 11) is 0. The lowest BCUT2D eigenvalue weighted by molar-refractivity contribution is 0.717. The Bertz CT molecular complexity index is 647. The second-order valence-electron chi connectivity index (χ2n) is 5.13. The van der Waals surface area contributed by atoms with Crippen LogP contribution >= 0.6 is 11.6 Å². The molecule has 2 heterocycles. The molecule has 0 saturated heterocycles. The maximum absolute atomic E-state index is 5.95. The van der Waals surface area contributed by atoms with Gasteiger partial charge in [-0.05, 0) is 43.7 Å². The second kappa shape index (κ2) is 5.25. The van der Waals surface area contributed by atoms with Gasteiger partial charge in [0, 0.05) is 17.3 Å². The molecule has 0 bridgehead atoms. The molecule has 0 amide bonds. The fraction of sp³-hybridized carbons (Fsp3) is 0.250. The summed E-state index contributed by atoms with van der Waals surface area (Å²) in [5, 5.41) is 0.743. The molecule has 20 heavy (non-hydrogen) atoms. The number of nitrogens with zero attached hydrogens (tertiary/aromatic N) is 3. The molecule has 0 fully saturated rings. The highest BCUT2D eigenvalue weighted by Gasteiger charge is 2.23. The van der Waals surface area contributed by atoms with Gasteiger partial charge in [-0.2, -0.15) is 0 Å². The maximum atomic E-state index is 5.95. The van der Waals surface area contributed by atoms with E-state index in [-0.39, 0.29) is 0 Å². The van der Waals surface area contributed by atoms with E-state index in [0.29, 0.717) is 6.04 Å². The summed E-state index contributed by atoms with van der Waals surface area (Å²) in [5.41, 5.74) is 3.09. The minimum absolute atomic E-state index is 0.376. The molecule has 0 saturated carbocycles. The highest BCUT2D eigenvalue weighted by molar-refractivity contribution is 6.30. The van der Waals surface area contributed by atoms with Crippen molar-refractivity contribution in [2.24, 2.45) is 4.99 Å². The van der Waals surface area contributed by atoms with E-state index in [1.807, 2.05) is 42.6 Å². The first-order valence-corrected chi connectivity index (χ1v) is 7.08. The van der Waals surface area contributed by atoms with Crippen LogP contribution in [0.25, 0.3) is 0 Å². The van der Waals surface area contributed by atoms with Gasteiger partial charge in [-0.1, -0.05) is 23.7 Å². The Morgan fingerprint density at radius 2 is 1.90 bits per heavy atom. The average Bonchev–Trinajstić information content (AvgIpc) is 2.46. The largest absolute Gasteiger partial charge is 0.346 e. The quantitative estimate of drug-likeness (QED) is 0.831. The van der Waals surface area contributed by atoms with Crippen molar-refractivity contribution in [2.45, 2.75) is 19.9 Å². The standard InChI is InChI=1S/C16H16ClN3/c1-11(2)20-10-15(12-5-7-13(17)8-6-12)19-14-4-3-9-18-16(14)20/h3-9,11H,10H2,1-2H3. The summed E-state index contributed by atoms with van der Waals surface area (Å²) >= 11 is 5.95. The third-order valence-corrected chi connectivity index (χ3v) is 3.67. The predicted molar refractivity (Wildman–Crippen MR) is 84.4 cm³/mol. The van der Waals surface area contributed by atoms with E-state index < -0.39 is 0 Å². The number of aliphatic imine (C=N–C) groups is 1. The Morgan fingerprint density at radius 3 is 2.60 bits per heavy atom. The fourth-order valence-electron chi connectivity index (χ4n) is 2.34. The van der Waals surface area contributed by atoms with Gasteiger partial charge < -0.3 is 4.90 Å². The molecular formula is C16H16ClN3. The summed E-state index contributed by atoms with van der Waals surface area (Å²) < 4.78 is 0. The van der Waals surface area contributed by atoms with Crippen LogP contribution in [0.15, 0.2) is 47.6 Å². The van der Waals surface area contributed by atoms with Gasteiger partial charge in [0.1, 0.15) is 5.69 Å². The van der Waals surface area contributed by atoms with Crippen LogP contribution in [-0.4, -0.2) is 23.3 Å². The summed E-state index contributed by atoms with van der Waals surface area (Å²) in [4.78, 5) is 11.5. The summed E-state index contributed by atoms with van der Waals surface area (Å²) in [6.07, 6.45) is 1.82. The number of anilines is 1. The lowest BCUT2D eigenvalue weighted by atomic mass is 10.1. The second-order valence-corrected chi connectivity index (χ2v) is 5.57. The van der Waals surface area contributed by atoms with Crippen molar-refractivity contribution < 1.29 is 0 Å². The SMILES string of the molecule is CC(C)N1CC(c2ccc(Cl)cc2)=Nc2cccnc21. The lowest BCUT2D eigenvalue weighted by Crippen LogP contribution is -2.38. The Labute approximate surface area is 123 Å². The van der Waals surface area contributed by atoms with Crippen LogP contribution in [0.2, 0.25) is 5.02 Å². The van der Waals surface area contributed by atoms with Crippen LogP contribution in [0.4, 0.5) is 11.5 Å². The number of rotatable bonds is 2. The average molecular weight is 286 g/mol. The molecule has 3 rings (SSSR count). The number of hydrogen-bond acceptors (Lipinski definition) is 3. The number of fused-ring (bicyclic) bond motifs is 1. The molecule has 0 N–H and O–H groups in total. The molecule has 1 aromatic carbocycles. The van der Waals surface area contributed by atoms with Crippen molar-refractivity contribution in [3.05, 3.63) is 53.2 Å². The van der Waals surface area contributed by atoms with Gasteiger partial charge in [-0.3, -0.25) is 0 Å². The predicted octanol–water partition coefficient (Wildman–Crippen LogP) is 4.08. The first-order valence-electron chi connectivity index (χ1n) is 6.70. The van der Waals surface area contributed by atoms with E-state index in [9.17, 15) is 0 Å². The molecule has 2 aromatic rings. The Kier molecular flexibility index (Phi) is 3.45. The summed E-state index contributed by atoms with van der Waals surface area (Å²) in [5.74, 6) is 0.959. The maximum Gasteiger partial charge on any atom is 0.155 e. The summed E-state index contributed by atoms with van der Waals surface area (Å²) in [6.45, 7) is 5.11. The number of pyridine rings is 1. The minimum Gasteiger partial charge on any atom is -0.346 e. The highest BCUT2D eigenvalue weighted by atomic mass is 35.5. The molecule has 4 heteroatoms. The van der Waals surface area contributed by atoms with Crippen molar-refractivity contribution in [1.82, 2.24) is 4.98 Å². The number of benzene rings is 1. The van der Waals surface area contributed by atoms with Gasteiger partial charge >= 0.3 is 0 Å². The van der Waals surface area contributed by atoms with E-state index >= 15 is 0 Å². The molecule has 1 aliphatic rings. The first kappa shape index (κ1) is 13.1. The van der Waals surface area contributed by atoms with Crippen molar-refractivity contribution in [3.8, 4) is 0 Å². The fourth-order valence-corrected chi connectivity index (χ4v) is 2.47. The van der Waals surface area contributed by atoms with Gasteiger partial charge in [0.25, 0.3) is 0 Å². The molecule has 0 atom stereocenters. The van der Waals surface area contributed by atoms with Crippen LogP contribution in [-0.2, 0) is 0 Å². The van der Waals surface area contributed by atoms with E-state index in [1.54, 1.807) is 0 Å². The third kappa shape index (κ3) is 2.41. The third-order valence-electron chi connectivity index (χ3n) is 3.41. The Hall–Kier alpha value is -1.87. The topological polar surface area (TPSA) is 28.5 Å². The molecule has 1 aliphatic heterocycles. The van der Waals surface area contributed by atoms with Crippen LogP contribution in [0, 0.1) is 0 Å². The molecule has 0 radical (unpaired) electrons. The lowest BCUT2D eigenvalue weighted by Gasteiger charge is -2.32. The van der Waals surface area contributed by atoms with Gasteiger partial charge in [0.2, 0.25) is 0 Å². The molecule has 0 spiro atoms. The van der Waals surface area contributed by atoms with Crippen LogP contribution in [0.1, 0.15) is 19.4 Å². The zero-order valence-electron chi connectivity index (χ0n) is 11.5. The molecular weight excluding hydrogens is 270 g/mol. The smallest absolute Gasteiger partial charge is 0.155 e. The van der Waals surface area contributed by atoms with E-state index in [4.69, 9.17) is 16.6 Å². The number of hydrogen-bond donors (Lipinski definition) is 0. The molecule has 0 aliphatic carbocycles. The van der Waals surface area contributed by atoms with E-state index in [1.165, 1.54) is 0 Å². The Balaban J connectivity index is 2.06. The normalized spacial score (nSPS) is 14.2. The van der Waals surface area contributed by atoms with Crippen molar-refractivity contribution in [1.29, 1.82) is 0 Å². The number of halogens is 1. The summed E-state index contributed by atoms with van der Waals surface area (Å²) in [6, 6.07) is 12.1. The van der Waals surface area contributed by atoms with Gasteiger partial charge in [0.05, 0.1) is 12.3 Å². The van der Waals surface area contributed by atoms with E-state index in [2.05, 4.69) is 23.7 Å². The molecule has 1 aromatic heterocycles. The zero-order chi connectivity index (χ0) is 14.1. The highest BCUT2D eigenvalue weighted by Crippen LogP contribution is 2.32.